The van der Waals surface area contributed by atoms with Crippen LogP contribution >= 0.6 is 0 Å². The van der Waals surface area contributed by atoms with Crippen LogP contribution in [0.15, 0.2) is 12.1 Å². The number of aliphatic hydroxyl groups excluding tert-OH is 1. The largest absolute Gasteiger partial charge is 0.496 e. The summed E-state index contributed by atoms with van der Waals surface area (Å²) in [6.45, 7) is 7.01. The Kier molecular flexibility index (Phi) is 4.18. The lowest BCUT2D eigenvalue weighted by Gasteiger charge is -2.28. The van der Waals surface area contributed by atoms with Crippen molar-refractivity contribution in [3.63, 3.8) is 0 Å². The first-order chi connectivity index (χ1) is 10.6. The third-order valence-electron chi connectivity index (χ3n) is 4.71. The molecule has 5 nitrogen and oxygen atoms in total. The smallest absolute Gasteiger partial charge is 0.122 e. The highest BCUT2D eigenvalue weighted by atomic mass is 16.5. The number of hydrogen-bond acceptors (Lipinski definition) is 4. The summed E-state index contributed by atoms with van der Waals surface area (Å²) < 4.78 is 5.38. The van der Waals surface area contributed by atoms with Gasteiger partial charge in [-0.05, 0) is 36.6 Å². The fraction of sp³-hybridized carbons (Fsp3) is 0.471. The molecular weight excluding hydrogens is 278 g/mol. The van der Waals surface area contributed by atoms with Gasteiger partial charge < -0.3 is 9.84 Å². The summed E-state index contributed by atoms with van der Waals surface area (Å²) >= 11 is 0. The molecule has 0 saturated carbocycles. The second-order valence-electron chi connectivity index (χ2n) is 5.92. The second-order valence-corrected chi connectivity index (χ2v) is 5.92. The van der Waals surface area contributed by atoms with Crippen molar-refractivity contribution in [3.8, 4) is 5.75 Å². The zero-order chi connectivity index (χ0) is 15.7. The number of rotatable bonds is 4. The Bertz CT molecular complexity index is 665. The third-order valence-corrected chi connectivity index (χ3v) is 4.71. The molecule has 2 heterocycles. The third kappa shape index (κ3) is 2.62. The molecule has 22 heavy (non-hydrogen) atoms. The molecular formula is C17H23N3O2. The summed E-state index contributed by atoms with van der Waals surface area (Å²) in [5.41, 5.74) is 6.94. The number of aliphatic hydroxyl groups is 1. The number of aromatic nitrogens is 2. The second kappa shape index (κ2) is 6.10. The van der Waals surface area contributed by atoms with Gasteiger partial charge in [-0.15, -0.1) is 0 Å². The number of benzene rings is 1. The average molecular weight is 301 g/mol. The van der Waals surface area contributed by atoms with E-state index in [2.05, 4.69) is 35.0 Å². The summed E-state index contributed by atoms with van der Waals surface area (Å²) in [7, 11) is 1.71. The first kappa shape index (κ1) is 15.1. The maximum atomic E-state index is 9.38. The van der Waals surface area contributed by atoms with E-state index >= 15 is 0 Å². The minimum Gasteiger partial charge on any atom is -0.496 e. The van der Waals surface area contributed by atoms with Crippen molar-refractivity contribution >= 4 is 0 Å². The van der Waals surface area contributed by atoms with E-state index in [9.17, 15) is 5.11 Å². The Balaban J connectivity index is 1.79. The Morgan fingerprint density at radius 2 is 2.14 bits per heavy atom. The summed E-state index contributed by atoms with van der Waals surface area (Å²) in [4.78, 5) is 2.41. The highest BCUT2D eigenvalue weighted by Crippen LogP contribution is 2.27. The molecule has 1 aromatic heterocycles. The normalized spacial score (nSPS) is 14.9. The predicted molar refractivity (Wildman–Crippen MR) is 84.8 cm³/mol. The maximum absolute atomic E-state index is 9.38. The Morgan fingerprint density at radius 3 is 2.86 bits per heavy atom. The van der Waals surface area contributed by atoms with Gasteiger partial charge in [0.15, 0.2) is 0 Å². The van der Waals surface area contributed by atoms with Crippen LogP contribution in [0.4, 0.5) is 0 Å². The van der Waals surface area contributed by atoms with Crippen LogP contribution in [-0.2, 0) is 26.1 Å². The molecule has 0 bridgehead atoms. The van der Waals surface area contributed by atoms with Crippen LogP contribution in [-0.4, -0.2) is 33.9 Å². The minimum absolute atomic E-state index is 0.000342. The first-order valence-corrected chi connectivity index (χ1v) is 7.65. The zero-order valence-corrected chi connectivity index (χ0v) is 13.4. The van der Waals surface area contributed by atoms with E-state index in [1.807, 2.05) is 6.07 Å². The van der Waals surface area contributed by atoms with Crippen LogP contribution in [0.25, 0.3) is 0 Å². The van der Waals surface area contributed by atoms with Crippen LogP contribution in [0.3, 0.4) is 0 Å². The van der Waals surface area contributed by atoms with Crippen LogP contribution < -0.4 is 4.74 Å². The molecule has 1 aliphatic rings. The Morgan fingerprint density at radius 1 is 1.32 bits per heavy atom. The number of fused-ring (bicyclic) bond motifs is 1. The van der Waals surface area contributed by atoms with E-state index in [1.165, 1.54) is 22.4 Å². The summed E-state index contributed by atoms with van der Waals surface area (Å²) in [5, 5.41) is 16.6. The van der Waals surface area contributed by atoms with Crippen LogP contribution in [0.1, 0.15) is 33.6 Å². The van der Waals surface area contributed by atoms with Crippen molar-refractivity contribution in [2.24, 2.45) is 0 Å². The van der Waals surface area contributed by atoms with Gasteiger partial charge in [0.1, 0.15) is 5.75 Å². The minimum atomic E-state index is 0.000342. The number of nitrogens with one attached hydrogen (secondary N) is 1. The lowest BCUT2D eigenvalue weighted by Crippen LogP contribution is -2.30. The fourth-order valence-electron chi connectivity index (χ4n) is 3.16. The van der Waals surface area contributed by atoms with Gasteiger partial charge in [-0.25, -0.2) is 0 Å². The molecule has 0 radical (unpaired) electrons. The number of hydrogen-bond donors (Lipinski definition) is 2. The molecule has 1 aliphatic heterocycles. The molecule has 0 saturated heterocycles. The lowest BCUT2D eigenvalue weighted by atomic mass is 10.00. The molecule has 2 aromatic rings. The molecule has 3 rings (SSSR count). The summed E-state index contributed by atoms with van der Waals surface area (Å²) in [6, 6.07) is 4.20. The van der Waals surface area contributed by atoms with Gasteiger partial charge in [-0.1, -0.05) is 6.07 Å². The van der Waals surface area contributed by atoms with Gasteiger partial charge in [0.2, 0.25) is 0 Å². The fourth-order valence-corrected chi connectivity index (χ4v) is 3.16. The van der Waals surface area contributed by atoms with Crippen molar-refractivity contribution in [2.45, 2.75) is 40.0 Å². The Labute approximate surface area is 130 Å². The number of methoxy groups -OCH3 is 1. The molecule has 0 spiro atoms. The molecule has 0 aliphatic carbocycles. The lowest BCUT2D eigenvalue weighted by molar-refractivity contribution is 0.236. The van der Waals surface area contributed by atoms with Crippen molar-refractivity contribution in [1.29, 1.82) is 0 Å². The molecule has 1 aromatic carbocycles. The Hall–Kier alpha value is -1.85. The number of nitrogens with zero attached hydrogens (tertiary/aromatic N) is 2. The molecule has 0 unspecified atom stereocenters. The molecule has 2 N–H and O–H groups in total. The van der Waals surface area contributed by atoms with E-state index in [0.717, 1.165) is 43.1 Å². The number of aromatic amines is 1. The monoisotopic (exact) mass is 301 g/mol. The summed E-state index contributed by atoms with van der Waals surface area (Å²) in [5.74, 6) is 0.944. The highest BCUT2D eigenvalue weighted by Gasteiger charge is 2.22. The zero-order valence-electron chi connectivity index (χ0n) is 13.4. The van der Waals surface area contributed by atoms with E-state index in [4.69, 9.17) is 4.74 Å². The highest BCUT2D eigenvalue weighted by molar-refractivity contribution is 5.43. The average Bonchev–Trinajstić information content (AvgIpc) is 2.94. The molecule has 5 heteroatoms. The maximum Gasteiger partial charge on any atom is 0.122 e. The standard InChI is InChI=1S/C17H23N3O2/c1-11-12(2)17(22-3)5-4-13(11)8-20-7-6-15-14(9-20)16(10-21)19-18-15/h4-5,21H,6-10H2,1-3H3,(H,18,19). The molecule has 118 valence electrons. The van der Waals surface area contributed by atoms with Gasteiger partial charge in [-0.2, -0.15) is 5.10 Å². The molecule has 0 amide bonds. The van der Waals surface area contributed by atoms with Gasteiger partial charge in [0, 0.05) is 37.3 Å². The summed E-state index contributed by atoms with van der Waals surface area (Å²) in [6.07, 6.45) is 0.955. The van der Waals surface area contributed by atoms with Gasteiger partial charge in [-0.3, -0.25) is 10.00 Å². The van der Waals surface area contributed by atoms with E-state index < -0.39 is 0 Å². The molecule has 0 atom stereocenters. The quantitative estimate of drug-likeness (QED) is 0.908. The van der Waals surface area contributed by atoms with Crippen LogP contribution in [0.2, 0.25) is 0 Å². The number of H-pyrrole nitrogens is 1. The van der Waals surface area contributed by atoms with Crippen molar-refractivity contribution in [3.05, 3.63) is 45.8 Å². The van der Waals surface area contributed by atoms with Crippen molar-refractivity contribution < 1.29 is 9.84 Å². The predicted octanol–water partition coefficient (Wildman–Crippen LogP) is 2.09. The number of ether oxygens (including phenoxy) is 1. The van der Waals surface area contributed by atoms with Gasteiger partial charge >= 0.3 is 0 Å². The van der Waals surface area contributed by atoms with E-state index in [1.54, 1.807) is 7.11 Å². The molecule has 0 fully saturated rings. The van der Waals surface area contributed by atoms with Gasteiger partial charge in [0.05, 0.1) is 19.4 Å². The SMILES string of the molecule is COc1ccc(CN2CCc3[nH]nc(CO)c3C2)c(C)c1C. The van der Waals surface area contributed by atoms with Gasteiger partial charge in [0.25, 0.3) is 0 Å². The van der Waals surface area contributed by atoms with Crippen molar-refractivity contribution in [2.75, 3.05) is 13.7 Å². The van der Waals surface area contributed by atoms with Crippen LogP contribution in [0, 0.1) is 13.8 Å². The van der Waals surface area contributed by atoms with Crippen molar-refractivity contribution in [1.82, 2.24) is 15.1 Å². The van der Waals surface area contributed by atoms with E-state index in [-0.39, 0.29) is 6.61 Å². The first-order valence-electron chi connectivity index (χ1n) is 7.65. The topological polar surface area (TPSA) is 61.4 Å². The van der Waals surface area contributed by atoms with Crippen LogP contribution in [0.5, 0.6) is 5.75 Å². The van der Waals surface area contributed by atoms with E-state index in [0.29, 0.717) is 0 Å².